The zero-order valence-electron chi connectivity index (χ0n) is 11.4. The summed E-state index contributed by atoms with van der Waals surface area (Å²) in [6.07, 6.45) is 1.75. The van der Waals surface area contributed by atoms with Crippen LogP contribution in [0.2, 0.25) is 0 Å². The third kappa shape index (κ3) is 2.11. The lowest BCUT2D eigenvalue weighted by Crippen LogP contribution is -2.61. The molecule has 0 aliphatic carbocycles. The van der Waals surface area contributed by atoms with Crippen LogP contribution in [0.15, 0.2) is 6.20 Å². The molecule has 1 aliphatic heterocycles. The van der Waals surface area contributed by atoms with Gasteiger partial charge in [-0.25, -0.2) is 4.79 Å². The molecule has 102 valence electrons. The molecule has 7 heteroatoms. The van der Waals surface area contributed by atoms with Crippen LogP contribution in [-0.2, 0) is 23.2 Å². The maximum absolute atomic E-state index is 12.2. The molecule has 1 aromatic heterocycles. The van der Waals surface area contributed by atoms with Crippen LogP contribution in [0.4, 0.5) is 4.79 Å². The molecule has 0 saturated carbocycles. The number of imide groups is 2. The van der Waals surface area contributed by atoms with Crippen molar-refractivity contribution in [3.8, 4) is 0 Å². The van der Waals surface area contributed by atoms with Gasteiger partial charge in [-0.1, -0.05) is 0 Å². The maximum atomic E-state index is 12.2. The first-order chi connectivity index (χ1) is 8.73. The molecule has 4 amide bonds. The molecule has 1 N–H and O–H groups in total. The highest BCUT2D eigenvalue weighted by atomic mass is 16.2. The normalized spacial score (nSPS) is 18.7. The molecular weight excluding hydrogens is 248 g/mol. The van der Waals surface area contributed by atoms with Crippen LogP contribution in [-0.4, -0.2) is 32.5 Å². The molecule has 2 heterocycles. The van der Waals surface area contributed by atoms with E-state index in [-0.39, 0.29) is 6.54 Å². The number of aromatic nitrogens is 2. The fraction of sp³-hybridized carbons (Fsp3) is 0.500. The molecule has 1 aliphatic rings. The summed E-state index contributed by atoms with van der Waals surface area (Å²) >= 11 is 0. The first-order valence-corrected chi connectivity index (χ1v) is 5.90. The van der Waals surface area contributed by atoms with Crippen LogP contribution >= 0.6 is 0 Å². The van der Waals surface area contributed by atoms with E-state index in [4.69, 9.17) is 0 Å². The van der Waals surface area contributed by atoms with E-state index < -0.39 is 23.3 Å². The largest absolute Gasteiger partial charge is 0.331 e. The van der Waals surface area contributed by atoms with E-state index in [2.05, 4.69) is 10.4 Å². The van der Waals surface area contributed by atoms with Crippen molar-refractivity contribution >= 4 is 17.8 Å². The highest BCUT2D eigenvalue weighted by Gasteiger charge is 2.47. The molecule has 0 spiro atoms. The van der Waals surface area contributed by atoms with Crippen molar-refractivity contribution in [3.63, 3.8) is 0 Å². The summed E-state index contributed by atoms with van der Waals surface area (Å²) in [5.41, 5.74) is 0.290. The predicted molar refractivity (Wildman–Crippen MR) is 65.8 cm³/mol. The van der Waals surface area contributed by atoms with Gasteiger partial charge in [0, 0.05) is 18.8 Å². The number of carbonyl (C=O) groups is 3. The van der Waals surface area contributed by atoms with E-state index in [9.17, 15) is 14.4 Å². The quantitative estimate of drug-likeness (QED) is 0.780. The lowest BCUT2D eigenvalue weighted by molar-refractivity contribution is -0.149. The average molecular weight is 264 g/mol. The van der Waals surface area contributed by atoms with Crippen molar-refractivity contribution in [1.82, 2.24) is 20.0 Å². The average Bonchev–Trinajstić information content (AvgIpc) is 2.61. The summed E-state index contributed by atoms with van der Waals surface area (Å²) in [7, 11) is 1.77. The lowest BCUT2D eigenvalue weighted by Gasteiger charge is -2.34. The second kappa shape index (κ2) is 4.18. The van der Waals surface area contributed by atoms with Gasteiger partial charge in [0.15, 0.2) is 0 Å². The first kappa shape index (κ1) is 13.3. The van der Waals surface area contributed by atoms with Gasteiger partial charge in [-0.3, -0.25) is 24.5 Å². The van der Waals surface area contributed by atoms with Crippen molar-refractivity contribution in [2.24, 2.45) is 12.5 Å². The number of carbonyl (C=O) groups excluding carboxylic acids is 3. The Labute approximate surface area is 110 Å². The third-order valence-corrected chi connectivity index (χ3v) is 3.26. The summed E-state index contributed by atoms with van der Waals surface area (Å²) < 4.78 is 1.62. The van der Waals surface area contributed by atoms with Gasteiger partial charge in [0.1, 0.15) is 5.41 Å². The van der Waals surface area contributed by atoms with Crippen LogP contribution in [0.25, 0.3) is 0 Å². The van der Waals surface area contributed by atoms with E-state index in [1.165, 1.54) is 13.8 Å². The van der Waals surface area contributed by atoms with Gasteiger partial charge in [-0.2, -0.15) is 5.10 Å². The molecule has 0 radical (unpaired) electrons. The summed E-state index contributed by atoms with van der Waals surface area (Å²) in [5.74, 6) is -1.06. The molecular formula is C12H16N4O3. The highest BCUT2D eigenvalue weighted by molar-refractivity contribution is 6.18. The number of nitrogens with zero attached hydrogens (tertiary/aromatic N) is 3. The number of rotatable bonds is 2. The van der Waals surface area contributed by atoms with Gasteiger partial charge in [-0.15, -0.1) is 0 Å². The van der Waals surface area contributed by atoms with Crippen molar-refractivity contribution < 1.29 is 14.4 Å². The SMILES string of the molecule is Cc1nn(C)cc1CN1C(=O)NC(=O)C(C)(C)C1=O. The number of aryl methyl sites for hydroxylation is 2. The predicted octanol–water partition coefficient (Wildman–Crippen LogP) is 0.333. The van der Waals surface area contributed by atoms with Crippen molar-refractivity contribution in [1.29, 1.82) is 0 Å². The Morgan fingerprint density at radius 2 is 1.95 bits per heavy atom. The van der Waals surface area contributed by atoms with Gasteiger partial charge in [-0.05, 0) is 20.8 Å². The van der Waals surface area contributed by atoms with Gasteiger partial charge in [0.2, 0.25) is 11.8 Å². The standard InChI is InChI=1S/C12H16N4O3/c1-7-8(5-15(4)14-7)6-16-10(18)12(2,3)9(17)13-11(16)19/h5H,6H2,1-4H3,(H,13,17,19). The summed E-state index contributed by atoms with van der Waals surface area (Å²) in [6, 6.07) is -0.683. The summed E-state index contributed by atoms with van der Waals surface area (Å²) in [5, 5.41) is 6.35. The molecule has 0 bridgehead atoms. The van der Waals surface area contributed by atoms with Gasteiger partial charge in [0.05, 0.1) is 12.2 Å². The molecule has 1 saturated heterocycles. The molecule has 7 nitrogen and oxygen atoms in total. The minimum atomic E-state index is -1.23. The summed E-state index contributed by atoms with van der Waals surface area (Å²) in [6.45, 7) is 4.92. The fourth-order valence-corrected chi connectivity index (χ4v) is 1.97. The number of hydrogen-bond acceptors (Lipinski definition) is 4. The number of barbiturate groups is 1. The van der Waals surface area contributed by atoms with Crippen LogP contribution < -0.4 is 5.32 Å². The lowest BCUT2D eigenvalue weighted by atomic mass is 9.88. The van der Waals surface area contributed by atoms with Crippen molar-refractivity contribution in [3.05, 3.63) is 17.5 Å². The Kier molecular flexibility index (Phi) is 2.92. The second-order valence-corrected chi connectivity index (χ2v) is 5.19. The summed E-state index contributed by atoms with van der Waals surface area (Å²) in [4.78, 5) is 36.6. The van der Waals surface area contributed by atoms with Crippen LogP contribution in [0.1, 0.15) is 25.1 Å². The number of hydrogen-bond donors (Lipinski definition) is 1. The maximum Gasteiger partial charge on any atom is 0.331 e. The fourth-order valence-electron chi connectivity index (χ4n) is 1.97. The molecule has 2 rings (SSSR count). The van der Waals surface area contributed by atoms with Crippen molar-refractivity contribution in [2.75, 3.05) is 0 Å². The Balaban J connectivity index is 2.29. The minimum Gasteiger partial charge on any atom is -0.277 e. The third-order valence-electron chi connectivity index (χ3n) is 3.26. The zero-order valence-corrected chi connectivity index (χ0v) is 11.4. The van der Waals surface area contributed by atoms with Gasteiger partial charge in [0.25, 0.3) is 0 Å². The van der Waals surface area contributed by atoms with Crippen LogP contribution in [0.3, 0.4) is 0 Å². The Bertz CT molecular complexity index is 574. The molecule has 0 aromatic carbocycles. The van der Waals surface area contributed by atoms with E-state index >= 15 is 0 Å². The minimum absolute atomic E-state index is 0.112. The second-order valence-electron chi connectivity index (χ2n) is 5.19. The monoisotopic (exact) mass is 264 g/mol. The van der Waals surface area contributed by atoms with Crippen LogP contribution in [0.5, 0.6) is 0 Å². The van der Waals surface area contributed by atoms with Crippen LogP contribution in [0, 0.1) is 12.3 Å². The Hall–Kier alpha value is -2.18. The topological polar surface area (TPSA) is 84.3 Å². The smallest absolute Gasteiger partial charge is 0.277 e. The van der Waals surface area contributed by atoms with E-state index in [0.717, 1.165) is 16.2 Å². The Morgan fingerprint density at radius 3 is 2.47 bits per heavy atom. The number of nitrogens with one attached hydrogen (secondary N) is 1. The highest BCUT2D eigenvalue weighted by Crippen LogP contribution is 2.25. The number of amides is 4. The molecule has 1 aromatic rings. The van der Waals surface area contributed by atoms with Gasteiger partial charge < -0.3 is 0 Å². The Morgan fingerprint density at radius 1 is 1.32 bits per heavy atom. The molecule has 1 fully saturated rings. The van der Waals surface area contributed by atoms with Crippen molar-refractivity contribution in [2.45, 2.75) is 27.3 Å². The zero-order chi connectivity index (χ0) is 14.4. The first-order valence-electron chi connectivity index (χ1n) is 5.90. The molecule has 0 atom stereocenters. The van der Waals surface area contributed by atoms with E-state index in [1.54, 1.807) is 24.9 Å². The van der Waals surface area contributed by atoms with E-state index in [0.29, 0.717) is 0 Å². The van der Waals surface area contributed by atoms with Gasteiger partial charge >= 0.3 is 6.03 Å². The molecule has 19 heavy (non-hydrogen) atoms. The molecule has 0 unspecified atom stereocenters. The number of urea groups is 1. The van der Waals surface area contributed by atoms with E-state index in [1.807, 2.05) is 0 Å².